The van der Waals surface area contributed by atoms with E-state index in [2.05, 4.69) is 9.97 Å². The average Bonchev–Trinajstić information content (AvgIpc) is 2.59. The van der Waals surface area contributed by atoms with Gasteiger partial charge in [-0.05, 0) is 6.92 Å². The fourth-order valence-electron chi connectivity index (χ4n) is 1.28. The standard InChI is InChI=1S/C9H12N4O/c1-6-2-9-12-8(7(10)4-14)3-13(9)5-11-6/h2-3,5,7,14H,4,10H2,1H3. The van der Waals surface area contributed by atoms with Crippen molar-refractivity contribution in [2.45, 2.75) is 13.0 Å². The zero-order valence-electron chi connectivity index (χ0n) is 7.88. The molecule has 1 atom stereocenters. The van der Waals surface area contributed by atoms with Gasteiger partial charge in [0.05, 0.1) is 18.3 Å². The van der Waals surface area contributed by atoms with Crippen molar-refractivity contribution in [2.75, 3.05) is 6.61 Å². The lowest BCUT2D eigenvalue weighted by atomic mass is 10.2. The molecule has 0 saturated carbocycles. The van der Waals surface area contributed by atoms with Crippen molar-refractivity contribution in [3.05, 3.63) is 30.0 Å². The van der Waals surface area contributed by atoms with Crippen molar-refractivity contribution in [2.24, 2.45) is 5.73 Å². The molecule has 14 heavy (non-hydrogen) atoms. The van der Waals surface area contributed by atoms with Crippen molar-refractivity contribution >= 4 is 5.65 Å². The first-order valence-electron chi connectivity index (χ1n) is 4.38. The third-order valence-electron chi connectivity index (χ3n) is 2.08. The molecule has 2 aromatic rings. The predicted octanol–water partition coefficient (Wildman–Crippen LogP) is 0.0298. The summed E-state index contributed by atoms with van der Waals surface area (Å²) < 4.78 is 1.79. The summed E-state index contributed by atoms with van der Waals surface area (Å²) in [6.07, 6.45) is 3.47. The van der Waals surface area contributed by atoms with Crippen LogP contribution in [0.3, 0.4) is 0 Å². The van der Waals surface area contributed by atoms with E-state index in [9.17, 15) is 0 Å². The fourth-order valence-corrected chi connectivity index (χ4v) is 1.28. The van der Waals surface area contributed by atoms with Gasteiger partial charge in [-0.3, -0.25) is 4.40 Å². The zero-order chi connectivity index (χ0) is 10.1. The Balaban J connectivity index is 2.51. The summed E-state index contributed by atoms with van der Waals surface area (Å²) in [5, 5.41) is 8.88. The average molecular weight is 192 g/mol. The SMILES string of the molecule is Cc1cc2nc(C(N)CO)cn2cn1. The minimum atomic E-state index is -0.421. The maximum atomic E-state index is 8.88. The highest BCUT2D eigenvalue weighted by Gasteiger charge is 2.09. The van der Waals surface area contributed by atoms with Crippen LogP contribution >= 0.6 is 0 Å². The molecule has 0 bridgehead atoms. The first kappa shape index (κ1) is 9.11. The van der Waals surface area contributed by atoms with Gasteiger partial charge in [-0.25, -0.2) is 9.97 Å². The molecule has 0 aliphatic carbocycles. The Kier molecular flexibility index (Phi) is 2.18. The molecule has 0 aromatic carbocycles. The number of nitrogens with zero attached hydrogens (tertiary/aromatic N) is 3. The van der Waals surface area contributed by atoms with Gasteiger partial charge in [-0.1, -0.05) is 0 Å². The lowest BCUT2D eigenvalue weighted by Crippen LogP contribution is -2.14. The van der Waals surface area contributed by atoms with E-state index in [1.807, 2.05) is 13.0 Å². The molecule has 0 saturated heterocycles. The molecule has 2 rings (SSSR count). The highest BCUT2D eigenvalue weighted by Crippen LogP contribution is 2.10. The maximum Gasteiger partial charge on any atom is 0.140 e. The Morgan fingerprint density at radius 1 is 1.64 bits per heavy atom. The monoisotopic (exact) mass is 192 g/mol. The third kappa shape index (κ3) is 1.47. The second kappa shape index (κ2) is 3.36. The van der Waals surface area contributed by atoms with Gasteiger partial charge in [0.2, 0.25) is 0 Å². The first-order chi connectivity index (χ1) is 6.70. The molecule has 3 N–H and O–H groups in total. The molecule has 0 aliphatic heterocycles. The maximum absolute atomic E-state index is 8.88. The summed E-state index contributed by atoms with van der Waals surface area (Å²) in [7, 11) is 0. The van der Waals surface area contributed by atoms with Crippen LogP contribution in [0.2, 0.25) is 0 Å². The first-order valence-corrected chi connectivity index (χ1v) is 4.38. The third-order valence-corrected chi connectivity index (χ3v) is 2.08. The van der Waals surface area contributed by atoms with E-state index >= 15 is 0 Å². The Hall–Kier alpha value is -1.46. The molecule has 74 valence electrons. The highest BCUT2D eigenvalue weighted by atomic mass is 16.3. The van der Waals surface area contributed by atoms with Gasteiger partial charge < -0.3 is 10.8 Å². The summed E-state index contributed by atoms with van der Waals surface area (Å²) >= 11 is 0. The molecule has 0 aliphatic rings. The van der Waals surface area contributed by atoms with E-state index in [1.54, 1.807) is 16.9 Å². The van der Waals surface area contributed by atoms with Gasteiger partial charge in [-0.15, -0.1) is 0 Å². The summed E-state index contributed by atoms with van der Waals surface area (Å²) in [4.78, 5) is 8.41. The number of imidazole rings is 1. The van der Waals surface area contributed by atoms with E-state index in [0.717, 1.165) is 11.3 Å². The van der Waals surface area contributed by atoms with Gasteiger partial charge in [-0.2, -0.15) is 0 Å². The quantitative estimate of drug-likeness (QED) is 0.703. The van der Waals surface area contributed by atoms with Crippen LogP contribution < -0.4 is 5.73 Å². The number of aliphatic hydroxyl groups is 1. The molecular weight excluding hydrogens is 180 g/mol. The molecule has 5 heteroatoms. The molecule has 2 aromatic heterocycles. The van der Waals surface area contributed by atoms with Crippen LogP contribution in [-0.4, -0.2) is 26.1 Å². The van der Waals surface area contributed by atoms with Gasteiger partial charge in [0, 0.05) is 18.0 Å². The van der Waals surface area contributed by atoms with Crippen LogP contribution in [0.15, 0.2) is 18.6 Å². The molecular formula is C9H12N4O. The molecule has 1 unspecified atom stereocenters. The second-order valence-corrected chi connectivity index (χ2v) is 3.25. The van der Waals surface area contributed by atoms with Gasteiger partial charge >= 0.3 is 0 Å². The molecule has 0 amide bonds. The molecule has 5 nitrogen and oxygen atoms in total. The largest absolute Gasteiger partial charge is 0.394 e. The van der Waals surface area contributed by atoms with E-state index in [4.69, 9.17) is 10.8 Å². The van der Waals surface area contributed by atoms with Crippen molar-refractivity contribution in [3.8, 4) is 0 Å². The van der Waals surface area contributed by atoms with Gasteiger partial charge in [0.1, 0.15) is 12.0 Å². The van der Waals surface area contributed by atoms with Gasteiger partial charge in [0.15, 0.2) is 0 Å². The number of aromatic nitrogens is 3. The minimum absolute atomic E-state index is 0.101. The van der Waals surface area contributed by atoms with Crippen molar-refractivity contribution in [1.82, 2.24) is 14.4 Å². The summed E-state index contributed by atoms with van der Waals surface area (Å²) in [6.45, 7) is 1.80. The molecule has 0 spiro atoms. The summed E-state index contributed by atoms with van der Waals surface area (Å²) in [5.74, 6) is 0. The predicted molar refractivity (Wildman–Crippen MR) is 51.7 cm³/mol. The van der Waals surface area contributed by atoms with E-state index in [0.29, 0.717) is 5.69 Å². The van der Waals surface area contributed by atoms with Crippen LogP contribution in [0, 0.1) is 6.92 Å². The number of rotatable bonds is 2. The molecule has 0 fully saturated rings. The Morgan fingerprint density at radius 2 is 2.43 bits per heavy atom. The number of hydrogen-bond acceptors (Lipinski definition) is 4. The van der Waals surface area contributed by atoms with E-state index < -0.39 is 6.04 Å². The topological polar surface area (TPSA) is 76.4 Å². The number of fused-ring (bicyclic) bond motifs is 1. The lowest BCUT2D eigenvalue weighted by molar-refractivity contribution is 0.266. The van der Waals surface area contributed by atoms with Crippen molar-refractivity contribution in [1.29, 1.82) is 0 Å². The lowest BCUT2D eigenvalue weighted by Gasteiger charge is -2.00. The van der Waals surface area contributed by atoms with Crippen LogP contribution in [0.1, 0.15) is 17.4 Å². The van der Waals surface area contributed by atoms with E-state index in [-0.39, 0.29) is 6.61 Å². The minimum Gasteiger partial charge on any atom is -0.394 e. The van der Waals surface area contributed by atoms with Crippen molar-refractivity contribution in [3.63, 3.8) is 0 Å². The highest BCUT2D eigenvalue weighted by molar-refractivity contribution is 5.40. The number of hydrogen-bond donors (Lipinski definition) is 2. The number of aryl methyl sites for hydroxylation is 1. The van der Waals surface area contributed by atoms with Crippen LogP contribution in [-0.2, 0) is 0 Å². The van der Waals surface area contributed by atoms with Crippen LogP contribution in [0.5, 0.6) is 0 Å². The normalized spacial score (nSPS) is 13.4. The zero-order valence-corrected chi connectivity index (χ0v) is 7.88. The Labute approximate surface area is 81.2 Å². The van der Waals surface area contributed by atoms with E-state index in [1.165, 1.54) is 0 Å². The van der Waals surface area contributed by atoms with Crippen LogP contribution in [0.4, 0.5) is 0 Å². The second-order valence-electron chi connectivity index (χ2n) is 3.25. The van der Waals surface area contributed by atoms with Crippen LogP contribution in [0.25, 0.3) is 5.65 Å². The summed E-state index contributed by atoms with van der Waals surface area (Å²) in [5.41, 5.74) is 8.04. The Bertz CT molecular complexity index is 451. The molecule has 0 radical (unpaired) electrons. The summed E-state index contributed by atoms with van der Waals surface area (Å²) in [6, 6.07) is 1.45. The molecule has 2 heterocycles. The van der Waals surface area contributed by atoms with Crippen molar-refractivity contribution < 1.29 is 5.11 Å². The Morgan fingerprint density at radius 3 is 3.14 bits per heavy atom. The number of nitrogens with two attached hydrogens (primary N) is 1. The fraction of sp³-hybridized carbons (Fsp3) is 0.333. The number of aliphatic hydroxyl groups excluding tert-OH is 1. The smallest absolute Gasteiger partial charge is 0.140 e. The van der Waals surface area contributed by atoms with Gasteiger partial charge in [0.25, 0.3) is 0 Å².